The Kier molecular flexibility index (Phi) is 4.34. The van der Waals surface area contributed by atoms with Gasteiger partial charge in [0.05, 0.1) is 0 Å². The number of carbonyl (C=O) groups excluding carboxylic acids is 1. The van der Waals surface area contributed by atoms with Crippen molar-refractivity contribution in [3.63, 3.8) is 0 Å². The highest BCUT2D eigenvalue weighted by Gasteiger charge is 2.25. The van der Waals surface area contributed by atoms with E-state index in [-0.39, 0.29) is 11.7 Å². The molecule has 0 unspecified atom stereocenters. The van der Waals surface area contributed by atoms with E-state index in [1.807, 2.05) is 24.3 Å². The van der Waals surface area contributed by atoms with Crippen LogP contribution in [0.4, 0.5) is 4.39 Å². The summed E-state index contributed by atoms with van der Waals surface area (Å²) in [4.78, 5) is 12.5. The smallest absolute Gasteiger partial charge is 0.242 e. The Morgan fingerprint density at radius 2 is 2.00 bits per heavy atom. The number of carbonyl (C=O) groups is 1. The van der Waals surface area contributed by atoms with Gasteiger partial charge in [0.1, 0.15) is 24.2 Å². The minimum absolute atomic E-state index is 0.123. The summed E-state index contributed by atoms with van der Waals surface area (Å²) in [6.45, 7) is 1.49. The molecule has 0 aliphatic carbocycles. The monoisotopic (exact) mass is 300 g/mol. The Labute approximate surface area is 128 Å². The molecular weight excluding hydrogens is 283 g/mol. The third-order valence-corrected chi connectivity index (χ3v) is 3.58. The predicted octanol–water partition coefficient (Wildman–Crippen LogP) is 2.17. The molecule has 0 fully saturated rings. The highest BCUT2D eigenvalue weighted by Crippen LogP contribution is 2.27. The standard InChI is InChI=1S/C17H17FN2O2/c18-13-7-5-12(6-8-13)11-20-17(21)16-14-3-1-2-4-15(14)22-10-9-19-16/h1-8,16,19H,9-11H2,(H,20,21)/t16-/m1/s1. The van der Waals surface area contributed by atoms with Crippen molar-refractivity contribution in [1.29, 1.82) is 0 Å². The van der Waals surface area contributed by atoms with Crippen LogP contribution in [-0.4, -0.2) is 19.1 Å². The molecular formula is C17H17FN2O2. The summed E-state index contributed by atoms with van der Waals surface area (Å²) < 4.78 is 18.5. The van der Waals surface area contributed by atoms with E-state index in [0.29, 0.717) is 19.7 Å². The average molecular weight is 300 g/mol. The molecule has 1 atom stereocenters. The summed E-state index contributed by atoms with van der Waals surface area (Å²) >= 11 is 0. The van der Waals surface area contributed by atoms with Crippen molar-refractivity contribution < 1.29 is 13.9 Å². The molecule has 0 bridgehead atoms. The molecule has 0 spiro atoms. The Bertz CT molecular complexity index is 658. The van der Waals surface area contributed by atoms with Gasteiger partial charge in [0.15, 0.2) is 0 Å². The van der Waals surface area contributed by atoms with Crippen LogP contribution < -0.4 is 15.4 Å². The zero-order valence-corrected chi connectivity index (χ0v) is 12.0. The first kappa shape index (κ1) is 14.5. The fraction of sp³-hybridized carbons (Fsp3) is 0.235. The average Bonchev–Trinajstić information content (AvgIpc) is 2.76. The molecule has 114 valence electrons. The largest absolute Gasteiger partial charge is 0.492 e. The molecule has 1 heterocycles. The van der Waals surface area contributed by atoms with Crippen molar-refractivity contribution in [2.75, 3.05) is 13.2 Å². The Morgan fingerprint density at radius 1 is 1.23 bits per heavy atom. The highest BCUT2D eigenvalue weighted by molar-refractivity contribution is 5.84. The SMILES string of the molecule is O=C(NCc1ccc(F)cc1)[C@@H]1NCCOc2ccccc21. The van der Waals surface area contributed by atoms with E-state index in [2.05, 4.69) is 10.6 Å². The number of benzene rings is 2. The van der Waals surface area contributed by atoms with Crippen LogP contribution in [0.5, 0.6) is 5.75 Å². The van der Waals surface area contributed by atoms with Crippen LogP contribution in [0.1, 0.15) is 17.2 Å². The quantitative estimate of drug-likeness (QED) is 0.913. The maximum absolute atomic E-state index is 12.9. The second-order valence-corrected chi connectivity index (χ2v) is 5.12. The highest BCUT2D eigenvalue weighted by atomic mass is 19.1. The number of hydrogen-bond donors (Lipinski definition) is 2. The zero-order chi connectivity index (χ0) is 15.4. The van der Waals surface area contributed by atoms with Crippen LogP contribution >= 0.6 is 0 Å². The van der Waals surface area contributed by atoms with Gasteiger partial charge in [-0.25, -0.2) is 4.39 Å². The number of para-hydroxylation sites is 1. The van der Waals surface area contributed by atoms with Crippen LogP contribution in [0.25, 0.3) is 0 Å². The lowest BCUT2D eigenvalue weighted by Gasteiger charge is -2.17. The van der Waals surface area contributed by atoms with Crippen LogP contribution in [0.3, 0.4) is 0 Å². The molecule has 5 heteroatoms. The topological polar surface area (TPSA) is 50.4 Å². The van der Waals surface area contributed by atoms with E-state index in [0.717, 1.165) is 16.9 Å². The van der Waals surface area contributed by atoms with Crippen molar-refractivity contribution >= 4 is 5.91 Å². The fourth-order valence-electron chi connectivity index (χ4n) is 2.45. The minimum atomic E-state index is -0.445. The summed E-state index contributed by atoms with van der Waals surface area (Å²) in [5.74, 6) is 0.322. The van der Waals surface area contributed by atoms with Gasteiger partial charge in [0, 0.05) is 18.7 Å². The number of nitrogens with one attached hydrogen (secondary N) is 2. The van der Waals surface area contributed by atoms with Crippen LogP contribution in [-0.2, 0) is 11.3 Å². The van der Waals surface area contributed by atoms with Crippen molar-refractivity contribution in [2.45, 2.75) is 12.6 Å². The van der Waals surface area contributed by atoms with Gasteiger partial charge in [0.25, 0.3) is 0 Å². The first-order chi connectivity index (χ1) is 10.7. The van der Waals surface area contributed by atoms with E-state index >= 15 is 0 Å². The van der Waals surface area contributed by atoms with Gasteiger partial charge in [-0.3, -0.25) is 10.1 Å². The van der Waals surface area contributed by atoms with Crippen molar-refractivity contribution in [1.82, 2.24) is 10.6 Å². The summed E-state index contributed by atoms with van der Waals surface area (Å²) in [6.07, 6.45) is 0. The van der Waals surface area contributed by atoms with E-state index < -0.39 is 6.04 Å². The van der Waals surface area contributed by atoms with Crippen LogP contribution in [0.15, 0.2) is 48.5 Å². The minimum Gasteiger partial charge on any atom is -0.492 e. The Morgan fingerprint density at radius 3 is 2.82 bits per heavy atom. The van der Waals surface area contributed by atoms with E-state index in [1.165, 1.54) is 12.1 Å². The third kappa shape index (κ3) is 3.26. The third-order valence-electron chi connectivity index (χ3n) is 3.58. The molecule has 4 nitrogen and oxygen atoms in total. The second kappa shape index (κ2) is 6.58. The fourth-order valence-corrected chi connectivity index (χ4v) is 2.45. The summed E-state index contributed by atoms with van der Waals surface area (Å²) in [7, 11) is 0. The van der Waals surface area contributed by atoms with E-state index in [1.54, 1.807) is 12.1 Å². The molecule has 0 radical (unpaired) electrons. The number of hydrogen-bond acceptors (Lipinski definition) is 3. The van der Waals surface area contributed by atoms with Crippen LogP contribution in [0.2, 0.25) is 0 Å². The number of rotatable bonds is 3. The van der Waals surface area contributed by atoms with Gasteiger partial charge in [-0.15, -0.1) is 0 Å². The maximum Gasteiger partial charge on any atom is 0.242 e. The second-order valence-electron chi connectivity index (χ2n) is 5.12. The lowest BCUT2D eigenvalue weighted by molar-refractivity contribution is -0.123. The molecule has 1 amide bonds. The summed E-state index contributed by atoms with van der Waals surface area (Å²) in [5.41, 5.74) is 1.68. The van der Waals surface area contributed by atoms with Gasteiger partial charge in [-0.1, -0.05) is 30.3 Å². The molecule has 2 aromatic carbocycles. The van der Waals surface area contributed by atoms with Gasteiger partial charge in [-0.2, -0.15) is 0 Å². The van der Waals surface area contributed by atoms with E-state index in [9.17, 15) is 9.18 Å². The Hall–Kier alpha value is -2.40. The number of ether oxygens (including phenoxy) is 1. The lowest BCUT2D eigenvalue weighted by atomic mass is 10.0. The maximum atomic E-state index is 12.9. The van der Waals surface area contributed by atoms with Crippen molar-refractivity contribution in [2.24, 2.45) is 0 Å². The lowest BCUT2D eigenvalue weighted by Crippen LogP contribution is -2.37. The summed E-state index contributed by atoms with van der Waals surface area (Å²) in [6, 6.07) is 13.2. The molecule has 2 aromatic rings. The molecule has 2 N–H and O–H groups in total. The van der Waals surface area contributed by atoms with Crippen molar-refractivity contribution in [3.05, 3.63) is 65.5 Å². The molecule has 1 aliphatic heterocycles. The molecule has 22 heavy (non-hydrogen) atoms. The first-order valence-electron chi connectivity index (χ1n) is 7.21. The predicted molar refractivity (Wildman–Crippen MR) is 80.9 cm³/mol. The van der Waals surface area contributed by atoms with Gasteiger partial charge >= 0.3 is 0 Å². The zero-order valence-electron chi connectivity index (χ0n) is 12.0. The molecule has 0 aromatic heterocycles. The van der Waals surface area contributed by atoms with Gasteiger partial charge < -0.3 is 10.1 Å². The molecule has 1 aliphatic rings. The Balaban J connectivity index is 1.70. The number of fused-ring (bicyclic) bond motifs is 1. The number of halogens is 1. The van der Waals surface area contributed by atoms with Crippen LogP contribution in [0, 0.1) is 5.82 Å². The molecule has 0 saturated heterocycles. The summed E-state index contributed by atoms with van der Waals surface area (Å²) in [5, 5.41) is 6.06. The normalized spacial score (nSPS) is 17.0. The van der Waals surface area contributed by atoms with Gasteiger partial charge in [0.2, 0.25) is 5.91 Å². The van der Waals surface area contributed by atoms with E-state index in [4.69, 9.17) is 4.74 Å². The van der Waals surface area contributed by atoms with Gasteiger partial charge in [-0.05, 0) is 23.8 Å². The first-order valence-corrected chi connectivity index (χ1v) is 7.21. The molecule has 3 rings (SSSR count). The number of amides is 1. The molecule has 0 saturated carbocycles. The van der Waals surface area contributed by atoms with Crippen molar-refractivity contribution in [3.8, 4) is 5.75 Å².